The predicted octanol–water partition coefficient (Wildman–Crippen LogP) is 6.04. The molecule has 0 spiro atoms. The Morgan fingerprint density at radius 2 is 0.857 bits per heavy atom. The second kappa shape index (κ2) is 8.95. The highest BCUT2D eigenvalue weighted by Crippen LogP contribution is 2.58. The summed E-state index contributed by atoms with van der Waals surface area (Å²) < 4.78 is 17.5. The summed E-state index contributed by atoms with van der Waals surface area (Å²) in [6, 6.07) is 0. The minimum Gasteiger partial charge on any atom is -0.459 e. The molecule has 8 fully saturated rings. The van der Waals surface area contributed by atoms with Crippen molar-refractivity contribution >= 4 is 11.9 Å². The summed E-state index contributed by atoms with van der Waals surface area (Å²) in [6.07, 6.45) is 11.1. The van der Waals surface area contributed by atoms with E-state index in [0.717, 1.165) is 23.7 Å². The van der Waals surface area contributed by atoms with Crippen LogP contribution in [0.2, 0.25) is 0 Å². The van der Waals surface area contributed by atoms with E-state index in [1.54, 1.807) is 13.8 Å². The van der Waals surface area contributed by atoms with Crippen LogP contribution in [0.15, 0.2) is 24.7 Å². The third-order valence-corrected chi connectivity index (χ3v) is 10.8. The van der Waals surface area contributed by atoms with E-state index in [2.05, 4.69) is 13.2 Å². The standard InChI is InChI=1S/C30H42O5/c1-15(17(3)34-29(31)27-23-7-19-5-20(9-23)10-24(27)8-19)33-16(2)18(4)35-30(32)28-25-11-21-6-22(13-25)14-26(28)12-21/h17-28H,1-2,5-14H2,3-4H3. The molecular weight excluding hydrogens is 440 g/mol. The minimum atomic E-state index is -0.566. The van der Waals surface area contributed by atoms with Crippen LogP contribution in [0.4, 0.5) is 0 Å². The average molecular weight is 483 g/mol. The van der Waals surface area contributed by atoms with Crippen LogP contribution in [-0.4, -0.2) is 24.1 Å². The fourth-order valence-electron chi connectivity index (χ4n) is 9.59. The molecule has 35 heavy (non-hydrogen) atoms. The van der Waals surface area contributed by atoms with Crippen molar-refractivity contribution in [3.63, 3.8) is 0 Å². The molecule has 0 aromatic rings. The summed E-state index contributed by atoms with van der Waals surface area (Å²) in [5.41, 5.74) is 0. The molecule has 8 saturated carbocycles. The number of carbonyl (C=O) groups excluding carboxylic acids is 2. The molecule has 192 valence electrons. The van der Waals surface area contributed by atoms with Crippen molar-refractivity contribution in [2.75, 3.05) is 0 Å². The fraction of sp³-hybridized carbons (Fsp3) is 0.800. The first-order valence-corrected chi connectivity index (χ1v) is 14.2. The fourth-order valence-corrected chi connectivity index (χ4v) is 9.59. The Balaban J connectivity index is 0.988. The van der Waals surface area contributed by atoms with E-state index in [0.29, 0.717) is 35.2 Å². The van der Waals surface area contributed by atoms with Gasteiger partial charge in [0, 0.05) is 0 Å². The Labute approximate surface area is 210 Å². The molecule has 0 heterocycles. The lowest BCUT2D eigenvalue weighted by molar-refractivity contribution is -0.167. The Kier molecular flexibility index (Phi) is 6.04. The van der Waals surface area contributed by atoms with Crippen molar-refractivity contribution in [2.24, 2.45) is 59.2 Å². The molecule has 5 nitrogen and oxygen atoms in total. The number of hydrogen-bond donors (Lipinski definition) is 0. The van der Waals surface area contributed by atoms with Gasteiger partial charge in [0.25, 0.3) is 0 Å². The summed E-state index contributed by atoms with van der Waals surface area (Å²) in [4.78, 5) is 26.2. The summed E-state index contributed by atoms with van der Waals surface area (Å²) >= 11 is 0. The van der Waals surface area contributed by atoms with E-state index in [4.69, 9.17) is 14.2 Å². The highest BCUT2D eigenvalue weighted by atomic mass is 16.6. The summed E-state index contributed by atoms with van der Waals surface area (Å²) in [5, 5.41) is 0. The van der Waals surface area contributed by atoms with Crippen molar-refractivity contribution in [3.05, 3.63) is 24.7 Å². The molecule has 0 N–H and O–H groups in total. The first-order valence-electron chi connectivity index (χ1n) is 14.2. The summed E-state index contributed by atoms with van der Waals surface area (Å²) in [6.45, 7) is 11.6. The van der Waals surface area contributed by atoms with Gasteiger partial charge in [-0.1, -0.05) is 13.2 Å². The maximum atomic E-state index is 13.1. The van der Waals surface area contributed by atoms with Gasteiger partial charge < -0.3 is 14.2 Å². The molecule has 2 atom stereocenters. The van der Waals surface area contributed by atoms with E-state index in [9.17, 15) is 9.59 Å². The molecular formula is C30H42O5. The second-order valence-electron chi connectivity index (χ2n) is 13.1. The maximum absolute atomic E-state index is 13.1. The molecule has 8 aliphatic carbocycles. The third kappa shape index (κ3) is 4.35. The monoisotopic (exact) mass is 482 g/mol. The normalized spacial score (nSPS) is 43.9. The lowest BCUT2D eigenvalue weighted by atomic mass is 9.52. The lowest BCUT2D eigenvalue weighted by Crippen LogP contribution is -2.49. The van der Waals surface area contributed by atoms with Gasteiger partial charge in [-0.05, 0) is 125 Å². The molecule has 8 rings (SSSR count). The van der Waals surface area contributed by atoms with Gasteiger partial charge in [0.2, 0.25) is 0 Å². The van der Waals surface area contributed by atoms with E-state index >= 15 is 0 Å². The van der Waals surface area contributed by atoms with E-state index in [-0.39, 0.29) is 23.8 Å². The Hall–Kier alpha value is -1.78. The van der Waals surface area contributed by atoms with Crippen LogP contribution >= 0.6 is 0 Å². The van der Waals surface area contributed by atoms with Gasteiger partial charge in [0.1, 0.15) is 11.5 Å². The Morgan fingerprint density at radius 3 is 1.14 bits per heavy atom. The molecule has 0 aliphatic heterocycles. The zero-order valence-corrected chi connectivity index (χ0v) is 21.5. The predicted molar refractivity (Wildman–Crippen MR) is 132 cm³/mol. The number of hydrogen-bond acceptors (Lipinski definition) is 5. The number of carbonyl (C=O) groups is 2. The first-order chi connectivity index (χ1) is 16.7. The molecule has 0 saturated heterocycles. The lowest BCUT2D eigenvalue weighted by Gasteiger charge is -2.53. The quantitative estimate of drug-likeness (QED) is 0.312. The first kappa shape index (κ1) is 23.6. The highest BCUT2D eigenvalue weighted by molar-refractivity contribution is 5.74. The van der Waals surface area contributed by atoms with Crippen LogP contribution in [0.1, 0.15) is 78.1 Å². The molecule has 5 heteroatoms. The number of ether oxygens (including phenoxy) is 3. The van der Waals surface area contributed by atoms with Crippen molar-refractivity contribution in [2.45, 2.75) is 90.3 Å². The van der Waals surface area contributed by atoms with Gasteiger partial charge in [-0.15, -0.1) is 0 Å². The molecule has 0 aromatic carbocycles. The number of esters is 2. The largest absolute Gasteiger partial charge is 0.459 e. The van der Waals surface area contributed by atoms with Crippen LogP contribution in [0.3, 0.4) is 0 Å². The van der Waals surface area contributed by atoms with Gasteiger partial charge in [-0.25, -0.2) is 0 Å². The molecule has 8 bridgehead atoms. The van der Waals surface area contributed by atoms with E-state index in [1.807, 2.05) is 0 Å². The van der Waals surface area contributed by atoms with Gasteiger partial charge in [0.15, 0.2) is 12.2 Å². The third-order valence-electron chi connectivity index (χ3n) is 10.8. The van der Waals surface area contributed by atoms with Crippen LogP contribution in [0, 0.1) is 59.2 Å². The van der Waals surface area contributed by atoms with Crippen LogP contribution in [0.25, 0.3) is 0 Å². The van der Waals surface area contributed by atoms with Gasteiger partial charge in [-0.3, -0.25) is 9.59 Å². The molecule has 8 aliphatic rings. The summed E-state index contributed by atoms with van der Waals surface area (Å²) in [7, 11) is 0. The van der Waals surface area contributed by atoms with E-state index in [1.165, 1.54) is 64.2 Å². The van der Waals surface area contributed by atoms with Crippen molar-refractivity contribution in [3.8, 4) is 0 Å². The van der Waals surface area contributed by atoms with Gasteiger partial charge in [0.05, 0.1) is 11.8 Å². The zero-order chi connectivity index (χ0) is 24.4. The zero-order valence-electron chi connectivity index (χ0n) is 21.5. The van der Waals surface area contributed by atoms with Crippen molar-refractivity contribution < 1.29 is 23.8 Å². The van der Waals surface area contributed by atoms with Crippen LogP contribution in [0.5, 0.6) is 0 Å². The highest BCUT2D eigenvalue weighted by Gasteiger charge is 2.53. The molecule has 0 aromatic heterocycles. The topological polar surface area (TPSA) is 61.8 Å². The smallest absolute Gasteiger partial charge is 0.310 e. The average Bonchev–Trinajstić information content (AvgIpc) is 2.77. The number of rotatable bonds is 8. The van der Waals surface area contributed by atoms with Crippen LogP contribution < -0.4 is 0 Å². The minimum absolute atomic E-state index is 0.0297. The molecule has 2 unspecified atom stereocenters. The second-order valence-corrected chi connectivity index (χ2v) is 13.1. The summed E-state index contributed by atoms with van der Waals surface area (Å²) in [5.74, 6) is 5.78. The maximum Gasteiger partial charge on any atom is 0.310 e. The SMILES string of the molecule is C=C(OC(=C)C(C)OC(=O)C1C2CC3CC(C2)CC1C3)C(C)OC(=O)C1C2CC3CC(C2)CC1C3. The van der Waals surface area contributed by atoms with E-state index < -0.39 is 12.2 Å². The Morgan fingerprint density at radius 1 is 0.571 bits per heavy atom. The molecule has 0 amide bonds. The van der Waals surface area contributed by atoms with Crippen LogP contribution in [-0.2, 0) is 23.8 Å². The van der Waals surface area contributed by atoms with Gasteiger partial charge in [-0.2, -0.15) is 0 Å². The Bertz CT molecular complexity index is 776. The van der Waals surface area contributed by atoms with Crippen molar-refractivity contribution in [1.29, 1.82) is 0 Å². The van der Waals surface area contributed by atoms with Gasteiger partial charge >= 0.3 is 11.9 Å². The van der Waals surface area contributed by atoms with Crippen molar-refractivity contribution in [1.82, 2.24) is 0 Å². The molecule has 0 radical (unpaired) electrons.